The van der Waals surface area contributed by atoms with Gasteiger partial charge in [-0.2, -0.15) is 4.58 Å². The summed E-state index contributed by atoms with van der Waals surface area (Å²) < 4.78 is 2.38. The van der Waals surface area contributed by atoms with E-state index in [0.717, 1.165) is 6.42 Å². The normalized spacial score (nSPS) is 22.7. The summed E-state index contributed by atoms with van der Waals surface area (Å²) in [5.41, 5.74) is 9.37. The van der Waals surface area contributed by atoms with Gasteiger partial charge in [-0.05, 0) is 44.4 Å². The van der Waals surface area contributed by atoms with Gasteiger partial charge in [-0.15, -0.1) is 0 Å². The molecule has 0 aliphatic carbocycles. The largest absolute Gasteiger partial charge is 0.347 e. The minimum Gasteiger partial charge on any atom is -0.347 e. The maximum atomic E-state index is 2.46. The van der Waals surface area contributed by atoms with Gasteiger partial charge in [0.25, 0.3) is 0 Å². The van der Waals surface area contributed by atoms with E-state index in [-0.39, 0.29) is 10.8 Å². The van der Waals surface area contributed by atoms with E-state index in [0.29, 0.717) is 0 Å². The van der Waals surface area contributed by atoms with Gasteiger partial charge < -0.3 is 4.90 Å². The van der Waals surface area contributed by atoms with Crippen molar-refractivity contribution in [2.75, 3.05) is 19.0 Å². The molecular weight excluding hydrogens is 376 g/mol. The molecule has 1 unspecified atom stereocenters. The molecule has 3 aromatic rings. The van der Waals surface area contributed by atoms with Crippen molar-refractivity contribution in [3.8, 4) is 0 Å². The average Bonchev–Trinajstić information content (AvgIpc) is 3.10. The Hall–Kier alpha value is -3.13. The molecule has 0 bridgehead atoms. The molecule has 0 aromatic heterocycles. The van der Waals surface area contributed by atoms with Gasteiger partial charge in [0.05, 0.1) is 5.41 Å². The third kappa shape index (κ3) is 2.89. The lowest BCUT2D eigenvalue weighted by Crippen LogP contribution is -2.33. The molecule has 0 N–H and O–H groups in total. The summed E-state index contributed by atoms with van der Waals surface area (Å²) in [4.78, 5) is 2.40. The van der Waals surface area contributed by atoms with E-state index in [1.54, 1.807) is 0 Å². The van der Waals surface area contributed by atoms with Crippen molar-refractivity contribution in [1.29, 1.82) is 0 Å². The quantitative estimate of drug-likeness (QED) is 0.467. The molecule has 2 aliphatic rings. The summed E-state index contributed by atoms with van der Waals surface area (Å²) in [7, 11) is 4.42. The molecule has 1 atom stereocenters. The van der Waals surface area contributed by atoms with Gasteiger partial charge in [0.15, 0.2) is 5.71 Å². The number of hydrogen-bond donors (Lipinski definition) is 0. The molecule has 2 nitrogen and oxygen atoms in total. The minimum absolute atomic E-state index is 0.0401. The number of anilines is 1. The Morgan fingerprint density at radius 2 is 1.42 bits per heavy atom. The van der Waals surface area contributed by atoms with Crippen LogP contribution in [0.25, 0.3) is 0 Å². The van der Waals surface area contributed by atoms with E-state index in [1.165, 1.54) is 39.5 Å². The number of nitrogens with zero attached hydrogens (tertiary/aromatic N) is 2. The van der Waals surface area contributed by atoms with Crippen LogP contribution in [-0.4, -0.2) is 24.4 Å². The zero-order chi connectivity index (χ0) is 21.8. The Balaban J connectivity index is 1.69. The van der Waals surface area contributed by atoms with E-state index in [4.69, 9.17) is 0 Å². The molecule has 0 saturated carbocycles. The molecule has 3 aromatic carbocycles. The van der Waals surface area contributed by atoms with Crippen LogP contribution in [0, 0.1) is 0 Å². The lowest BCUT2D eigenvalue weighted by atomic mass is 9.74. The van der Waals surface area contributed by atoms with Crippen LogP contribution in [0.4, 0.5) is 11.4 Å². The van der Waals surface area contributed by atoms with Crippen LogP contribution in [-0.2, 0) is 17.3 Å². The Morgan fingerprint density at radius 1 is 0.806 bits per heavy atom. The Labute approximate surface area is 186 Å². The van der Waals surface area contributed by atoms with Gasteiger partial charge in [0, 0.05) is 41.6 Å². The second-order valence-electron chi connectivity index (χ2n) is 9.69. The molecule has 2 heteroatoms. The monoisotopic (exact) mass is 407 g/mol. The molecule has 31 heavy (non-hydrogen) atoms. The van der Waals surface area contributed by atoms with Gasteiger partial charge in [0.2, 0.25) is 5.69 Å². The van der Waals surface area contributed by atoms with Gasteiger partial charge in [0.1, 0.15) is 7.05 Å². The number of likely N-dealkylation sites (N-methyl/N-ethyl adjacent to an activating group) is 1. The average molecular weight is 408 g/mol. The summed E-state index contributed by atoms with van der Waals surface area (Å²) >= 11 is 0. The van der Waals surface area contributed by atoms with Crippen molar-refractivity contribution in [2.24, 2.45) is 0 Å². The molecule has 2 aliphatic heterocycles. The molecule has 0 amide bonds. The second kappa shape index (κ2) is 6.95. The summed E-state index contributed by atoms with van der Waals surface area (Å²) in [6.07, 6.45) is 3.44. The SMILES string of the molecule is CN1C(=CC2=[N+](C)c3ccccc3C2(C)C)C(C)(Cc2ccccc2)c2ccccc21. The van der Waals surface area contributed by atoms with Crippen LogP contribution < -0.4 is 4.90 Å². The zero-order valence-corrected chi connectivity index (χ0v) is 19.2. The van der Waals surface area contributed by atoms with Crippen LogP contribution in [0.15, 0.2) is 90.6 Å². The fraction of sp³-hybridized carbons (Fsp3) is 0.276. The third-order valence-corrected chi connectivity index (χ3v) is 7.40. The summed E-state index contributed by atoms with van der Waals surface area (Å²) in [6, 6.07) is 28.6. The predicted octanol–water partition coefficient (Wildman–Crippen LogP) is 6.23. The van der Waals surface area contributed by atoms with Crippen LogP contribution in [0.3, 0.4) is 0 Å². The smallest absolute Gasteiger partial charge is 0.209 e. The van der Waals surface area contributed by atoms with E-state index in [1.807, 2.05) is 0 Å². The van der Waals surface area contributed by atoms with Crippen molar-refractivity contribution < 1.29 is 4.58 Å². The first-order valence-corrected chi connectivity index (χ1v) is 11.1. The number of hydrogen-bond acceptors (Lipinski definition) is 1. The predicted molar refractivity (Wildman–Crippen MR) is 131 cm³/mol. The van der Waals surface area contributed by atoms with Crippen LogP contribution in [0.5, 0.6) is 0 Å². The van der Waals surface area contributed by atoms with Crippen LogP contribution in [0.1, 0.15) is 37.5 Å². The second-order valence-corrected chi connectivity index (χ2v) is 9.69. The van der Waals surface area contributed by atoms with Crippen molar-refractivity contribution >= 4 is 17.1 Å². The maximum Gasteiger partial charge on any atom is 0.209 e. The number of rotatable bonds is 3. The minimum atomic E-state index is -0.0919. The molecule has 0 saturated heterocycles. The lowest BCUT2D eigenvalue weighted by molar-refractivity contribution is -0.401. The standard InChI is InChI=1S/C29H31N2/c1-28(2)22-15-9-11-17-24(22)30(4)26(28)19-27-29(3,20-21-13-7-6-8-14-21)23-16-10-12-18-25(23)31(27)5/h6-19H,20H2,1-5H3/q+1. The first kappa shape index (κ1) is 19.8. The van der Waals surface area contributed by atoms with Crippen molar-refractivity contribution in [3.05, 3.63) is 107 Å². The Bertz CT molecular complexity index is 1220. The summed E-state index contributed by atoms with van der Waals surface area (Å²) in [5.74, 6) is 0. The van der Waals surface area contributed by atoms with Gasteiger partial charge >= 0.3 is 0 Å². The molecule has 0 fully saturated rings. The topological polar surface area (TPSA) is 6.25 Å². The summed E-state index contributed by atoms with van der Waals surface area (Å²) in [5, 5.41) is 0. The Morgan fingerprint density at radius 3 is 2.13 bits per heavy atom. The zero-order valence-electron chi connectivity index (χ0n) is 19.2. The number of fused-ring (bicyclic) bond motifs is 2. The molecule has 0 radical (unpaired) electrons. The van der Waals surface area contributed by atoms with Crippen molar-refractivity contribution in [2.45, 2.75) is 38.0 Å². The van der Waals surface area contributed by atoms with Crippen molar-refractivity contribution in [1.82, 2.24) is 0 Å². The maximum absolute atomic E-state index is 2.46. The number of allylic oxidation sites excluding steroid dienone is 2. The van der Waals surface area contributed by atoms with Gasteiger partial charge in [-0.3, -0.25) is 0 Å². The van der Waals surface area contributed by atoms with Crippen LogP contribution in [0.2, 0.25) is 0 Å². The molecule has 2 heterocycles. The molecule has 5 rings (SSSR count). The van der Waals surface area contributed by atoms with Gasteiger partial charge in [-0.1, -0.05) is 66.7 Å². The van der Waals surface area contributed by atoms with Crippen LogP contribution >= 0.6 is 0 Å². The van der Waals surface area contributed by atoms with E-state index in [9.17, 15) is 0 Å². The first-order valence-electron chi connectivity index (χ1n) is 11.1. The molecule has 156 valence electrons. The highest BCUT2D eigenvalue weighted by Crippen LogP contribution is 2.50. The highest BCUT2D eigenvalue weighted by Gasteiger charge is 2.47. The third-order valence-electron chi connectivity index (χ3n) is 7.40. The molecule has 0 spiro atoms. The lowest BCUT2D eigenvalue weighted by Gasteiger charge is -2.29. The fourth-order valence-electron chi connectivity index (χ4n) is 5.70. The summed E-state index contributed by atoms with van der Waals surface area (Å²) in [6.45, 7) is 7.10. The Kier molecular flexibility index (Phi) is 4.44. The molecular formula is C29H31N2+. The highest BCUT2D eigenvalue weighted by atomic mass is 15.2. The van der Waals surface area contributed by atoms with E-state index < -0.39 is 0 Å². The highest BCUT2D eigenvalue weighted by molar-refractivity contribution is 6.04. The number of benzene rings is 3. The fourth-order valence-corrected chi connectivity index (χ4v) is 5.70. The van der Waals surface area contributed by atoms with E-state index in [2.05, 4.69) is 129 Å². The number of para-hydroxylation sites is 2. The van der Waals surface area contributed by atoms with Crippen molar-refractivity contribution in [3.63, 3.8) is 0 Å². The van der Waals surface area contributed by atoms with E-state index >= 15 is 0 Å². The first-order chi connectivity index (χ1) is 14.8. The van der Waals surface area contributed by atoms with Gasteiger partial charge in [-0.25, -0.2) is 0 Å².